The zero-order valence-corrected chi connectivity index (χ0v) is 20.7. The van der Waals surface area contributed by atoms with Gasteiger partial charge in [0, 0.05) is 16.8 Å². The standard InChI is InChI=1S/C23H23BrF2N2O4S/c1-23(2,33(3,31)32)8-7-18-16-5-4-6-17(16)20(24)21(27-18)19(28-22(29)30)11-13-9-14(25)12-15(26)10-13/h9-10,12,19,28H,4-6,11H2,1-3H3,(H,29,30). The molecule has 176 valence electrons. The summed E-state index contributed by atoms with van der Waals surface area (Å²) in [5.41, 5.74) is 2.76. The van der Waals surface area contributed by atoms with Gasteiger partial charge in [0.2, 0.25) is 0 Å². The molecule has 0 saturated heterocycles. The number of pyridine rings is 1. The molecule has 1 aliphatic rings. The summed E-state index contributed by atoms with van der Waals surface area (Å²) < 4.78 is 50.8. The van der Waals surface area contributed by atoms with Crippen molar-refractivity contribution in [1.29, 1.82) is 0 Å². The van der Waals surface area contributed by atoms with Gasteiger partial charge in [0.05, 0.1) is 11.7 Å². The SMILES string of the molecule is CC(C)(C#Cc1nc(C(Cc2cc(F)cc(F)c2)NC(=O)O)c(Br)c2c1CCC2)S(C)(=O)=O. The Labute approximate surface area is 199 Å². The predicted molar refractivity (Wildman–Crippen MR) is 124 cm³/mol. The number of carboxylic acid groups (broad SMARTS) is 1. The molecular weight excluding hydrogens is 518 g/mol. The average Bonchev–Trinajstić information content (AvgIpc) is 3.15. The number of hydrogen-bond acceptors (Lipinski definition) is 4. The molecule has 0 aliphatic heterocycles. The van der Waals surface area contributed by atoms with E-state index in [1.165, 1.54) is 13.8 Å². The largest absolute Gasteiger partial charge is 0.465 e. The lowest BCUT2D eigenvalue weighted by Crippen LogP contribution is -2.30. The van der Waals surface area contributed by atoms with Gasteiger partial charge in [-0.3, -0.25) is 0 Å². The van der Waals surface area contributed by atoms with E-state index in [1.807, 2.05) is 0 Å². The Bertz CT molecular complexity index is 1260. The fourth-order valence-corrected chi connectivity index (χ4v) is 4.64. The van der Waals surface area contributed by atoms with Crippen LogP contribution in [0.5, 0.6) is 0 Å². The van der Waals surface area contributed by atoms with Crippen molar-refractivity contribution in [3.8, 4) is 11.8 Å². The molecule has 0 fully saturated rings. The summed E-state index contributed by atoms with van der Waals surface area (Å²) in [5, 5.41) is 11.8. The number of rotatable bonds is 5. The van der Waals surface area contributed by atoms with Crippen LogP contribution in [0.15, 0.2) is 22.7 Å². The Hall–Kier alpha value is -2.51. The van der Waals surface area contributed by atoms with Crippen molar-refractivity contribution in [2.24, 2.45) is 0 Å². The molecule has 0 spiro atoms. The monoisotopic (exact) mass is 540 g/mol. The Balaban J connectivity index is 2.13. The minimum Gasteiger partial charge on any atom is -0.465 e. The first kappa shape index (κ1) is 25.1. The Kier molecular flexibility index (Phi) is 7.15. The number of nitrogens with one attached hydrogen (secondary N) is 1. The maximum atomic E-state index is 13.7. The number of nitrogens with zero attached hydrogens (tertiary/aromatic N) is 1. The van der Waals surface area contributed by atoms with Crippen LogP contribution in [-0.4, -0.2) is 35.6 Å². The topological polar surface area (TPSA) is 96.4 Å². The molecule has 0 radical (unpaired) electrons. The minimum atomic E-state index is -3.46. The molecule has 0 bridgehead atoms. The molecule has 1 atom stereocenters. The molecule has 3 rings (SSSR count). The number of aromatic nitrogens is 1. The van der Waals surface area contributed by atoms with Gasteiger partial charge in [-0.2, -0.15) is 0 Å². The predicted octanol–water partition coefficient (Wildman–Crippen LogP) is 4.34. The van der Waals surface area contributed by atoms with E-state index in [9.17, 15) is 27.1 Å². The highest BCUT2D eigenvalue weighted by Crippen LogP contribution is 2.36. The van der Waals surface area contributed by atoms with Crippen molar-refractivity contribution in [3.63, 3.8) is 0 Å². The molecule has 10 heteroatoms. The van der Waals surface area contributed by atoms with Gasteiger partial charge in [0.25, 0.3) is 0 Å². The van der Waals surface area contributed by atoms with Gasteiger partial charge in [-0.15, -0.1) is 0 Å². The number of benzene rings is 1. The van der Waals surface area contributed by atoms with Gasteiger partial charge >= 0.3 is 6.09 Å². The van der Waals surface area contributed by atoms with Crippen LogP contribution in [0, 0.1) is 23.5 Å². The normalized spacial score (nSPS) is 14.2. The Morgan fingerprint density at radius 3 is 2.42 bits per heavy atom. The summed E-state index contributed by atoms with van der Waals surface area (Å²) in [7, 11) is -3.46. The highest BCUT2D eigenvalue weighted by molar-refractivity contribution is 9.10. The van der Waals surface area contributed by atoms with E-state index in [-0.39, 0.29) is 12.0 Å². The molecule has 1 amide bonds. The van der Waals surface area contributed by atoms with Crippen LogP contribution in [0.3, 0.4) is 0 Å². The second kappa shape index (κ2) is 9.39. The number of hydrogen-bond donors (Lipinski definition) is 2. The molecule has 2 aromatic rings. The summed E-state index contributed by atoms with van der Waals surface area (Å²) in [4.78, 5) is 16.1. The van der Waals surface area contributed by atoms with E-state index in [4.69, 9.17) is 0 Å². The van der Waals surface area contributed by atoms with Crippen LogP contribution in [0.25, 0.3) is 0 Å². The molecule has 1 aromatic heterocycles. The van der Waals surface area contributed by atoms with E-state index in [0.717, 1.165) is 42.0 Å². The lowest BCUT2D eigenvalue weighted by Gasteiger charge is -2.21. The summed E-state index contributed by atoms with van der Waals surface area (Å²) in [6, 6.07) is 2.09. The number of sulfone groups is 1. The second-order valence-corrected chi connectivity index (χ2v) is 11.8. The highest BCUT2D eigenvalue weighted by Gasteiger charge is 2.29. The smallest absolute Gasteiger partial charge is 0.405 e. The van der Waals surface area contributed by atoms with E-state index >= 15 is 0 Å². The average molecular weight is 541 g/mol. The van der Waals surface area contributed by atoms with E-state index in [1.54, 1.807) is 0 Å². The van der Waals surface area contributed by atoms with Crippen LogP contribution in [0.4, 0.5) is 13.6 Å². The fraction of sp³-hybridized carbons (Fsp3) is 0.391. The van der Waals surface area contributed by atoms with Crippen LogP contribution >= 0.6 is 15.9 Å². The summed E-state index contributed by atoms with van der Waals surface area (Å²) in [5.74, 6) is 4.14. The van der Waals surface area contributed by atoms with Crippen LogP contribution in [-0.2, 0) is 29.1 Å². The first-order chi connectivity index (χ1) is 15.3. The van der Waals surface area contributed by atoms with Gasteiger partial charge in [0.15, 0.2) is 9.84 Å². The highest BCUT2D eigenvalue weighted by atomic mass is 79.9. The van der Waals surface area contributed by atoms with E-state index in [2.05, 4.69) is 38.1 Å². The molecule has 1 unspecified atom stereocenters. The van der Waals surface area contributed by atoms with Crippen LogP contribution in [0.1, 0.15) is 54.4 Å². The van der Waals surface area contributed by atoms with E-state index in [0.29, 0.717) is 28.7 Å². The van der Waals surface area contributed by atoms with Gasteiger partial charge in [-0.25, -0.2) is 27.0 Å². The van der Waals surface area contributed by atoms with Gasteiger partial charge < -0.3 is 10.4 Å². The number of amides is 1. The summed E-state index contributed by atoms with van der Waals surface area (Å²) in [6.07, 6.45) is 2.00. The fourth-order valence-electron chi connectivity index (χ4n) is 3.61. The molecule has 1 aromatic carbocycles. The Morgan fingerprint density at radius 1 is 1.24 bits per heavy atom. The molecule has 6 nitrogen and oxygen atoms in total. The maximum absolute atomic E-state index is 13.7. The van der Waals surface area contributed by atoms with Crippen molar-refractivity contribution >= 4 is 31.9 Å². The van der Waals surface area contributed by atoms with Crippen molar-refractivity contribution in [3.05, 3.63) is 62.4 Å². The third kappa shape index (κ3) is 5.71. The first-order valence-electron chi connectivity index (χ1n) is 10.2. The van der Waals surface area contributed by atoms with Crippen LogP contribution < -0.4 is 5.32 Å². The zero-order chi connectivity index (χ0) is 24.6. The van der Waals surface area contributed by atoms with Crippen LogP contribution in [0.2, 0.25) is 0 Å². The summed E-state index contributed by atoms with van der Waals surface area (Å²) >= 11 is 3.53. The van der Waals surface area contributed by atoms with Gasteiger partial charge in [-0.05, 0) is 90.2 Å². The quantitative estimate of drug-likeness (QED) is 0.550. The van der Waals surface area contributed by atoms with E-state index < -0.39 is 38.4 Å². The van der Waals surface area contributed by atoms with Crippen molar-refractivity contribution < 1.29 is 27.1 Å². The lowest BCUT2D eigenvalue weighted by atomic mass is 9.99. The molecule has 33 heavy (non-hydrogen) atoms. The molecule has 0 saturated carbocycles. The molecule has 1 heterocycles. The zero-order valence-electron chi connectivity index (χ0n) is 18.3. The number of carbonyl (C=O) groups is 1. The van der Waals surface area contributed by atoms with Crippen molar-refractivity contribution in [1.82, 2.24) is 10.3 Å². The number of fused-ring (bicyclic) bond motifs is 1. The third-order valence-corrected chi connectivity index (χ3v) is 8.47. The molecule has 1 aliphatic carbocycles. The minimum absolute atomic E-state index is 0.0485. The molecule has 2 N–H and O–H groups in total. The van der Waals surface area contributed by atoms with Gasteiger partial charge in [-0.1, -0.05) is 5.92 Å². The molecular formula is C23H23BrF2N2O4S. The second-order valence-electron chi connectivity index (χ2n) is 8.49. The van der Waals surface area contributed by atoms with Crippen molar-refractivity contribution in [2.45, 2.75) is 50.3 Å². The summed E-state index contributed by atoms with van der Waals surface area (Å²) in [6.45, 7) is 3.01. The van der Waals surface area contributed by atoms with Gasteiger partial charge in [0.1, 0.15) is 22.1 Å². The Morgan fingerprint density at radius 2 is 1.85 bits per heavy atom. The third-order valence-electron chi connectivity index (χ3n) is 5.62. The first-order valence-corrected chi connectivity index (χ1v) is 12.9. The lowest BCUT2D eigenvalue weighted by molar-refractivity contribution is 0.189. The number of halogens is 3. The maximum Gasteiger partial charge on any atom is 0.405 e. The van der Waals surface area contributed by atoms with Crippen molar-refractivity contribution in [2.75, 3.05) is 6.26 Å².